The van der Waals surface area contributed by atoms with Gasteiger partial charge < -0.3 is 9.47 Å². The third kappa shape index (κ3) is 3.64. The van der Waals surface area contributed by atoms with Crippen LogP contribution in [0.2, 0.25) is 0 Å². The smallest absolute Gasteiger partial charge is 0.306 e. The molecule has 1 atom stereocenters. The van der Waals surface area contributed by atoms with E-state index in [4.69, 9.17) is 9.47 Å². The maximum absolute atomic E-state index is 11.1. The molecule has 0 spiro atoms. The minimum absolute atomic E-state index is 0.0991. The van der Waals surface area contributed by atoms with Gasteiger partial charge in [0.25, 0.3) is 0 Å². The summed E-state index contributed by atoms with van der Waals surface area (Å²) in [6.45, 7) is 0.533. The van der Waals surface area contributed by atoms with Crippen molar-refractivity contribution >= 4 is 21.9 Å². The molecular weight excluding hydrogens is 332 g/mol. The number of ether oxygens (including phenoxy) is 2. The van der Waals surface area contributed by atoms with E-state index in [-0.39, 0.29) is 12.1 Å². The van der Waals surface area contributed by atoms with Gasteiger partial charge in [-0.3, -0.25) is 4.79 Å². The van der Waals surface area contributed by atoms with Crippen molar-refractivity contribution in [2.45, 2.75) is 25.6 Å². The van der Waals surface area contributed by atoms with E-state index in [1.54, 1.807) is 0 Å². The first kappa shape index (κ1) is 14.1. The van der Waals surface area contributed by atoms with Crippen LogP contribution in [-0.2, 0) is 16.1 Å². The Hall–Kier alpha value is -1.81. The molecule has 108 valence electrons. The van der Waals surface area contributed by atoms with Gasteiger partial charge in [-0.15, -0.1) is 0 Å². The maximum Gasteiger partial charge on any atom is 0.306 e. The van der Waals surface area contributed by atoms with Crippen molar-refractivity contribution in [3.63, 3.8) is 0 Å². The van der Waals surface area contributed by atoms with E-state index in [1.807, 2.05) is 48.5 Å². The summed E-state index contributed by atoms with van der Waals surface area (Å²) in [4.78, 5) is 11.1. The lowest BCUT2D eigenvalue weighted by molar-refractivity contribution is -0.141. The number of esters is 1. The van der Waals surface area contributed by atoms with E-state index in [9.17, 15) is 4.79 Å². The fourth-order valence-electron chi connectivity index (χ4n) is 2.29. The van der Waals surface area contributed by atoms with Crippen LogP contribution in [0.15, 0.2) is 53.0 Å². The summed E-state index contributed by atoms with van der Waals surface area (Å²) in [5.41, 5.74) is 2.14. The van der Waals surface area contributed by atoms with E-state index in [0.29, 0.717) is 13.0 Å². The standard InChI is InChI=1S/C17H15BrO3/c18-14-5-1-12(2-6-14)11-20-15-7-3-13(4-8-15)16-9-10-17(19)21-16/h1-8,16H,9-11H2. The van der Waals surface area contributed by atoms with E-state index in [0.717, 1.165) is 27.8 Å². The number of hydrogen-bond acceptors (Lipinski definition) is 3. The molecule has 0 bridgehead atoms. The van der Waals surface area contributed by atoms with Crippen LogP contribution in [0.4, 0.5) is 0 Å². The lowest BCUT2D eigenvalue weighted by Crippen LogP contribution is -1.99. The molecule has 3 nitrogen and oxygen atoms in total. The van der Waals surface area contributed by atoms with Crippen molar-refractivity contribution < 1.29 is 14.3 Å². The summed E-state index contributed by atoms with van der Waals surface area (Å²) in [6.07, 6.45) is 1.17. The van der Waals surface area contributed by atoms with Gasteiger partial charge in [0.1, 0.15) is 18.5 Å². The highest BCUT2D eigenvalue weighted by Gasteiger charge is 2.24. The average Bonchev–Trinajstić information content (AvgIpc) is 2.94. The van der Waals surface area contributed by atoms with Crippen molar-refractivity contribution in [1.29, 1.82) is 0 Å². The van der Waals surface area contributed by atoms with E-state index < -0.39 is 0 Å². The highest BCUT2D eigenvalue weighted by atomic mass is 79.9. The molecule has 2 aromatic rings. The lowest BCUT2D eigenvalue weighted by atomic mass is 10.1. The number of cyclic esters (lactones) is 1. The van der Waals surface area contributed by atoms with Crippen molar-refractivity contribution in [3.8, 4) is 5.75 Å². The predicted molar refractivity (Wildman–Crippen MR) is 83.0 cm³/mol. The highest BCUT2D eigenvalue weighted by molar-refractivity contribution is 9.10. The molecule has 0 aromatic heterocycles. The minimum Gasteiger partial charge on any atom is -0.489 e. The predicted octanol–water partition coefficient (Wildman–Crippen LogP) is 4.41. The lowest BCUT2D eigenvalue weighted by Gasteiger charge is -2.11. The van der Waals surface area contributed by atoms with Gasteiger partial charge in [-0.1, -0.05) is 40.2 Å². The average molecular weight is 347 g/mol. The number of carbonyl (C=O) groups excluding carboxylic acids is 1. The molecule has 0 amide bonds. The Morgan fingerprint density at radius 2 is 1.81 bits per heavy atom. The summed E-state index contributed by atoms with van der Waals surface area (Å²) in [5.74, 6) is 0.696. The molecule has 3 rings (SSSR count). The summed E-state index contributed by atoms with van der Waals surface area (Å²) in [6, 6.07) is 15.8. The van der Waals surface area contributed by atoms with E-state index >= 15 is 0 Å². The summed E-state index contributed by atoms with van der Waals surface area (Å²) in [5, 5.41) is 0. The van der Waals surface area contributed by atoms with Crippen LogP contribution in [0.1, 0.15) is 30.1 Å². The zero-order valence-corrected chi connectivity index (χ0v) is 13.0. The molecular formula is C17H15BrO3. The molecule has 0 radical (unpaired) electrons. The molecule has 1 heterocycles. The quantitative estimate of drug-likeness (QED) is 0.769. The van der Waals surface area contributed by atoms with Gasteiger partial charge in [0.15, 0.2) is 0 Å². The van der Waals surface area contributed by atoms with Gasteiger partial charge in [-0.05, 0) is 41.8 Å². The zero-order valence-electron chi connectivity index (χ0n) is 11.4. The zero-order chi connectivity index (χ0) is 14.7. The Labute approximate surface area is 132 Å². The van der Waals surface area contributed by atoms with Crippen LogP contribution in [0.25, 0.3) is 0 Å². The van der Waals surface area contributed by atoms with Crippen molar-refractivity contribution in [2.24, 2.45) is 0 Å². The van der Waals surface area contributed by atoms with Gasteiger partial charge in [0, 0.05) is 10.9 Å². The highest BCUT2D eigenvalue weighted by Crippen LogP contribution is 2.30. The molecule has 0 saturated carbocycles. The molecule has 1 aliphatic heterocycles. The number of hydrogen-bond donors (Lipinski definition) is 0. The second-order valence-corrected chi connectivity index (χ2v) is 5.92. The molecule has 1 aliphatic rings. The Morgan fingerprint density at radius 3 is 2.43 bits per heavy atom. The Bertz CT molecular complexity index is 619. The molecule has 1 unspecified atom stereocenters. The summed E-state index contributed by atoms with van der Waals surface area (Å²) >= 11 is 3.41. The molecule has 2 aromatic carbocycles. The van der Waals surface area contributed by atoms with Gasteiger partial charge in [-0.25, -0.2) is 0 Å². The van der Waals surface area contributed by atoms with Gasteiger partial charge >= 0.3 is 5.97 Å². The fraction of sp³-hybridized carbons (Fsp3) is 0.235. The number of benzene rings is 2. The fourth-order valence-corrected chi connectivity index (χ4v) is 2.55. The van der Waals surface area contributed by atoms with Crippen molar-refractivity contribution in [3.05, 3.63) is 64.1 Å². The SMILES string of the molecule is O=C1CCC(c2ccc(OCc3ccc(Br)cc3)cc2)O1. The second-order valence-electron chi connectivity index (χ2n) is 5.00. The van der Waals surface area contributed by atoms with Crippen LogP contribution in [0, 0.1) is 0 Å². The first-order chi connectivity index (χ1) is 10.2. The van der Waals surface area contributed by atoms with Crippen LogP contribution < -0.4 is 4.74 Å². The Kier molecular flexibility index (Phi) is 4.25. The maximum atomic E-state index is 11.1. The molecule has 4 heteroatoms. The number of carbonyl (C=O) groups is 1. The van der Waals surface area contributed by atoms with Crippen LogP contribution in [-0.4, -0.2) is 5.97 Å². The Morgan fingerprint density at radius 1 is 1.10 bits per heavy atom. The van der Waals surface area contributed by atoms with Gasteiger partial charge in [0.05, 0.1) is 0 Å². The molecule has 21 heavy (non-hydrogen) atoms. The number of halogens is 1. The third-order valence-corrected chi connectivity index (χ3v) is 3.98. The summed E-state index contributed by atoms with van der Waals surface area (Å²) in [7, 11) is 0. The van der Waals surface area contributed by atoms with Crippen molar-refractivity contribution in [2.75, 3.05) is 0 Å². The van der Waals surface area contributed by atoms with Gasteiger partial charge in [0.2, 0.25) is 0 Å². The van der Waals surface area contributed by atoms with Crippen molar-refractivity contribution in [1.82, 2.24) is 0 Å². The normalized spacial score (nSPS) is 17.6. The monoisotopic (exact) mass is 346 g/mol. The first-order valence-corrected chi connectivity index (χ1v) is 7.67. The molecule has 1 fully saturated rings. The summed E-state index contributed by atoms with van der Waals surface area (Å²) < 4.78 is 12.0. The minimum atomic E-state index is -0.115. The van der Waals surface area contributed by atoms with E-state index in [2.05, 4.69) is 15.9 Å². The number of rotatable bonds is 4. The van der Waals surface area contributed by atoms with Gasteiger partial charge in [-0.2, -0.15) is 0 Å². The molecule has 0 aliphatic carbocycles. The topological polar surface area (TPSA) is 35.5 Å². The van der Waals surface area contributed by atoms with Crippen LogP contribution in [0.3, 0.4) is 0 Å². The van der Waals surface area contributed by atoms with E-state index in [1.165, 1.54) is 0 Å². The van der Waals surface area contributed by atoms with Crippen LogP contribution >= 0.6 is 15.9 Å². The molecule has 1 saturated heterocycles. The first-order valence-electron chi connectivity index (χ1n) is 6.87. The van der Waals surface area contributed by atoms with Crippen LogP contribution in [0.5, 0.6) is 5.75 Å². The Balaban J connectivity index is 1.59. The largest absolute Gasteiger partial charge is 0.489 e. The molecule has 0 N–H and O–H groups in total. The third-order valence-electron chi connectivity index (χ3n) is 3.45. The second kappa shape index (κ2) is 6.31.